The fraction of sp³-hybridized carbons (Fsp3) is 0.375. The van der Waals surface area contributed by atoms with E-state index in [9.17, 15) is 10.1 Å². The minimum atomic E-state index is -0.387. The van der Waals surface area contributed by atoms with Crippen LogP contribution in [-0.2, 0) is 5.41 Å². The third-order valence-corrected chi connectivity index (χ3v) is 3.73. The Morgan fingerprint density at radius 1 is 1.16 bits per heavy atom. The highest BCUT2D eigenvalue weighted by molar-refractivity contribution is 5.83. The Hall–Kier alpha value is -1.90. The minimum absolute atomic E-state index is 0.0147. The zero-order valence-corrected chi connectivity index (χ0v) is 11.4. The highest BCUT2D eigenvalue weighted by atomic mass is 16.6. The molecular weight excluding hydrogens is 238 g/mol. The summed E-state index contributed by atoms with van der Waals surface area (Å²) in [5.41, 5.74) is 0.673. The van der Waals surface area contributed by atoms with Crippen molar-refractivity contribution in [2.45, 2.75) is 32.1 Å². The molecule has 1 atom stereocenters. The van der Waals surface area contributed by atoms with Gasteiger partial charge in [-0.1, -0.05) is 55.8 Å². The number of rotatable bonds is 5. The number of fused-ring (bicyclic) bond motifs is 1. The molecule has 0 aliphatic carbocycles. The Morgan fingerprint density at radius 3 is 2.47 bits per heavy atom. The van der Waals surface area contributed by atoms with Crippen molar-refractivity contribution in [3.63, 3.8) is 0 Å². The lowest BCUT2D eigenvalue weighted by atomic mass is 9.78. The Kier molecular flexibility index (Phi) is 3.84. The average molecular weight is 257 g/mol. The van der Waals surface area contributed by atoms with Crippen LogP contribution in [-0.4, -0.2) is 11.5 Å². The second-order valence-corrected chi connectivity index (χ2v) is 5.36. The van der Waals surface area contributed by atoms with Gasteiger partial charge in [-0.2, -0.15) is 0 Å². The summed E-state index contributed by atoms with van der Waals surface area (Å²) in [4.78, 5) is 10.7. The maximum absolute atomic E-state index is 10.9. The molecule has 0 aromatic heterocycles. The number of hydrogen-bond donors (Lipinski definition) is 0. The molecule has 0 radical (unpaired) electrons. The predicted molar refractivity (Wildman–Crippen MR) is 78.1 cm³/mol. The molecule has 2 rings (SSSR count). The van der Waals surface area contributed by atoms with Gasteiger partial charge in [0.1, 0.15) is 0 Å². The van der Waals surface area contributed by atoms with E-state index in [-0.39, 0.29) is 16.9 Å². The van der Waals surface area contributed by atoms with Crippen LogP contribution in [0.1, 0.15) is 32.3 Å². The zero-order chi connectivity index (χ0) is 13.9. The van der Waals surface area contributed by atoms with Crippen molar-refractivity contribution >= 4 is 10.8 Å². The molecule has 3 nitrogen and oxygen atoms in total. The SMILES string of the molecule is CCC[C@@](C)(C[N+](=O)[O-])c1ccc2ccccc2c1. The molecule has 0 aliphatic rings. The van der Waals surface area contributed by atoms with Crippen LogP contribution < -0.4 is 0 Å². The summed E-state index contributed by atoms with van der Waals surface area (Å²) in [5, 5.41) is 13.2. The first-order chi connectivity index (χ1) is 9.05. The molecule has 100 valence electrons. The van der Waals surface area contributed by atoms with E-state index < -0.39 is 0 Å². The Balaban J connectivity index is 2.46. The van der Waals surface area contributed by atoms with Gasteiger partial charge in [-0.15, -0.1) is 0 Å². The second kappa shape index (κ2) is 5.39. The molecule has 0 bridgehead atoms. The third kappa shape index (κ3) is 2.92. The summed E-state index contributed by atoms with van der Waals surface area (Å²) in [7, 11) is 0. The van der Waals surface area contributed by atoms with Gasteiger partial charge in [-0.25, -0.2) is 0 Å². The number of hydrogen-bond acceptors (Lipinski definition) is 2. The molecular formula is C16H19NO2. The van der Waals surface area contributed by atoms with Gasteiger partial charge in [-0.05, 0) is 29.7 Å². The summed E-state index contributed by atoms with van der Waals surface area (Å²) in [6.45, 7) is 4.04. The van der Waals surface area contributed by atoms with Crippen LogP contribution in [0.4, 0.5) is 0 Å². The molecule has 0 saturated carbocycles. The van der Waals surface area contributed by atoms with Gasteiger partial charge < -0.3 is 0 Å². The average Bonchev–Trinajstić information content (AvgIpc) is 2.37. The lowest BCUT2D eigenvalue weighted by Gasteiger charge is -2.25. The van der Waals surface area contributed by atoms with Crippen LogP contribution in [0.5, 0.6) is 0 Å². The largest absolute Gasteiger partial charge is 0.265 e. The monoisotopic (exact) mass is 257 g/mol. The molecule has 0 unspecified atom stereocenters. The lowest BCUT2D eigenvalue weighted by Crippen LogP contribution is -2.31. The van der Waals surface area contributed by atoms with E-state index >= 15 is 0 Å². The Labute approximate surface area is 113 Å². The summed E-state index contributed by atoms with van der Waals surface area (Å²) >= 11 is 0. The van der Waals surface area contributed by atoms with Crippen molar-refractivity contribution in [2.75, 3.05) is 6.54 Å². The summed E-state index contributed by atoms with van der Waals surface area (Å²) < 4.78 is 0. The van der Waals surface area contributed by atoms with E-state index in [0.717, 1.165) is 23.8 Å². The maximum atomic E-state index is 10.9. The van der Waals surface area contributed by atoms with E-state index in [2.05, 4.69) is 31.2 Å². The van der Waals surface area contributed by atoms with Crippen molar-refractivity contribution in [3.05, 3.63) is 58.1 Å². The quantitative estimate of drug-likeness (QED) is 0.596. The summed E-state index contributed by atoms with van der Waals surface area (Å²) in [5.74, 6) is 0. The maximum Gasteiger partial charge on any atom is 0.213 e. The van der Waals surface area contributed by atoms with Crippen LogP contribution in [0.25, 0.3) is 10.8 Å². The van der Waals surface area contributed by atoms with Crippen molar-refractivity contribution < 1.29 is 4.92 Å². The standard InChI is InChI=1S/C16H19NO2/c1-3-10-16(2,12-17(18)19)15-9-8-13-6-4-5-7-14(13)11-15/h4-9,11H,3,10,12H2,1-2H3/t16-/m0/s1. The van der Waals surface area contributed by atoms with Crippen LogP contribution in [0.15, 0.2) is 42.5 Å². The van der Waals surface area contributed by atoms with E-state index in [4.69, 9.17) is 0 Å². The van der Waals surface area contributed by atoms with Crippen molar-refractivity contribution in [2.24, 2.45) is 0 Å². The highest BCUT2D eigenvalue weighted by Gasteiger charge is 2.31. The van der Waals surface area contributed by atoms with Crippen LogP contribution in [0.2, 0.25) is 0 Å². The molecule has 0 aliphatic heterocycles. The van der Waals surface area contributed by atoms with E-state index in [0.29, 0.717) is 0 Å². The number of nitrogens with zero attached hydrogens (tertiary/aromatic N) is 1. The number of benzene rings is 2. The van der Waals surface area contributed by atoms with Crippen molar-refractivity contribution in [1.29, 1.82) is 0 Å². The predicted octanol–water partition coefficient (Wildman–Crippen LogP) is 4.17. The van der Waals surface area contributed by atoms with Crippen LogP contribution >= 0.6 is 0 Å². The van der Waals surface area contributed by atoms with Crippen molar-refractivity contribution in [1.82, 2.24) is 0 Å². The van der Waals surface area contributed by atoms with Gasteiger partial charge in [0, 0.05) is 4.92 Å². The Morgan fingerprint density at radius 2 is 1.84 bits per heavy atom. The van der Waals surface area contributed by atoms with Gasteiger partial charge in [0.05, 0.1) is 5.41 Å². The fourth-order valence-corrected chi connectivity index (χ4v) is 2.72. The fourth-order valence-electron chi connectivity index (χ4n) is 2.72. The molecule has 2 aromatic carbocycles. The van der Waals surface area contributed by atoms with Gasteiger partial charge in [0.15, 0.2) is 0 Å². The van der Waals surface area contributed by atoms with Crippen LogP contribution in [0.3, 0.4) is 0 Å². The second-order valence-electron chi connectivity index (χ2n) is 5.36. The van der Waals surface area contributed by atoms with Crippen LogP contribution in [0, 0.1) is 10.1 Å². The van der Waals surface area contributed by atoms with Crippen molar-refractivity contribution in [3.8, 4) is 0 Å². The first kappa shape index (κ1) is 13.5. The molecule has 0 amide bonds. The lowest BCUT2D eigenvalue weighted by molar-refractivity contribution is -0.490. The molecule has 2 aromatic rings. The minimum Gasteiger partial charge on any atom is -0.265 e. The topological polar surface area (TPSA) is 43.1 Å². The van der Waals surface area contributed by atoms with E-state index in [1.54, 1.807) is 0 Å². The molecule has 3 heteroatoms. The van der Waals surface area contributed by atoms with Gasteiger partial charge in [0.25, 0.3) is 0 Å². The van der Waals surface area contributed by atoms with E-state index in [1.807, 2.05) is 25.1 Å². The first-order valence-electron chi connectivity index (χ1n) is 6.66. The molecule has 0 fully saturated rings. The first-order valence-corrected chi connectivity index (χ1v) is 6.66. The normalized spacial score (nSPS) is 14.2. The molecule has 0 saturated heterocycles. The highest BCUT2D eigenvalue weighted by Crippen LogP contribution is 2.31. The third-order valence-electron chi connectivity index (χ3n) is 3.73. The van der Waals surface area contributed by atoms with Gasteiger partial charge in [-0.3, -0.25) is 10.1 Å². The number of nitro groups is 1. The summed E-state index contributed by atoms with van der Waals surface area (Å²) in [6.07, 6.45) is 1.77. The molecule has 0 spiro atoms. The molecule has 0 heterocycles. The Bertz CT molecular complexity index is 594. The summed E-state index contributed by atoms with van der Waals surface area (Å²) in [6, 6.07) is 14.3. The smallest absolute Gasteiger partial charge is 0.213 e. The molecule has 19 heavy (non-hydrogen) atoms. The van der Waals surface area contributed by atoms with E-state index in [1.165, 1.54) is 5.39 Å². The zero-order valence-electron chi connectivity index (χ0n) is 11.4. The van der Waals surface area contributed by atoms with Gasteiger partial charge in [0.2, 0.25) is 6.54 Å². The van der Waals surface area contributed by atoms with Gasteiger partial charge >= 0.3 is 0 Å². The molecule has 0 N–H and O–H groups in total.